The molecule has 39 heavy (non-hydrogen) atoms. The molecule has 1 fully saturated rings. The molecule has 212 valence electrons. The Labute approximate surface area is 229 Å². The molecule has 0 aromatic heterocycles. The molecule has 6 atom stereocenters. The molecule has 4 rings (SSSR count). The number of carbonyl (C=O) groups excluding carboxylic acids is 1. The Balaban J connectivity index is 1.89. The van der Waals surface area contributed by atoms with Gasteiger partial charge in [-0.05, 0) is 54.0 Å². The molecule has 2 aromatic rings. The van der Waals surface area contributed by atoms with Gasteiger partial charge in [0.05, 0.1) is 31.8 Å². The highest BCUT2D eigenvalue weighted by Gasteiger charge is 2.45. The number of hydrogen-bond acceptors (Lipinski definition) is 11. The molecule has 0 spiro atoms. The lowest BCUT2D eigenvalue weighted by molar-refractivity contribution is -0.277. The van der Waals surface area contributed by atoms with E-state index in [-0.39, 0.29) is 22.8 Å². The van der Waals surface area contributed by atoms with Crippen molar-refractivity contribution in [2.45, 2.75) is 61.4 Å². The first-order valence-corrected chi connectivity index (χ1v) is 13.6. The maximum Gasteiger partial charge on any atom is 0.229 e. The summed E-state index contributed by atoms with van der Waals surface area (Å²) in [4.78, 5) is 25.6. The van der Waals surface area contributed by atoms with Gasteiger partial charge in [0, 0.05) is 12.5 Å². The van der Waals surface area contributed by atoms with Crippen LogP contribution in [0.1, 0.15) is 30.5 Å². The zero-order valence-electron chi connectivity index (χ0n) is 22.0. The predicted octanol–water partition coefficient (Wildman–Crippen LogP) is 0.755. The number of aryl methyl sites for hydroxylation is 1. The minimum atomic E-state index is -1.62. The number of fused-ring (bicyclic) bond motifs is 3. The predicted molar refractivity (Wildman–Crippen MR) is 142 cm³/mol. The van der Waals surface area contributed by atoms with Crippen molar-refractivity contribution in [3.8, 4) is 28.4 Å². The lowest BCUT2D eigenvalue weighted by atomic mass is 9.95. The second-order valence-electron chi connectivity index (χ2n) is 9.36. The van der Waals surface area contributed by atoms with Gasteiger partial charge >= 0.3 is 0 Å². The van der Waals surface area contributed by atoms with Crippen molar-refractivity contribution in [3.63, 3.8) is 0 Å². The highest BCUT2D eigenvalue weighted by molar-refractivity contribution is 7.98. The Morgan fingerprint density at radius 3 is 2.44 bits per heavy atom. The molecule has 1 saturated heterocycles. The molecule has 1 unspecified atom stereocenters. The topological polar surface area (TPSA) is 164 Å². The summed E-state index contributed by atoms with van der Waals surface area (Å²) in [5.74, 6) is 0.350. The summed E-state index contributed by atoms with van der Waals surface area (Å²) >= 11 is 1.32. The van der Waals surface area contributed by atoms with Crippen LogP contribution in [0.2, 0.25) is 0 Å². The number of aliphatic hydroxyl groups is 4. The molecule has 0 saturated carbocycles. The van der Waals surface area contributed by atoms with E-state index in [1.165, 1.54) is 32.9 Å². The smallest absolute Gasteiger partial charge is 0.229 e. The van der Waals surface area contributed by atoms with Crippen molar-refractivity contribution < 1.29 is 44.2 Å². The number of aliphatic hydroxyl groups excluding tert-OH is 4. The van der Waals surface area contributed by atoms with E-state index in [2.05, 4.69) is 5.32 Å². The standard InChI is InChI=1S/C27H33NO10S/c1-12(30)28-16-7-5-13-9-18(37-27-24(34)23(33)22(32)19(11-29)38-27)25(35-2)26(36-3)21(13)14-6-8-20(39-4)17(31)10-15(14)16/h6,8-10,16,19,22-24,27,29,32-34H,5,7,11H2,1-4H3,(H,28,30)/t16?,19-,22-,23+,24-,27-/m1/s1. The Morgan fingerprint density at radius 1 is 1.10 bits per heavy atom. The van der Waals surface area contributed by atoms with E-state index in [1.807, 2.05) is 12.3 Å². The van der Waals surface area contributed by atoms with Gasteiger partial charge in [0.25, 0.3) is 0 Å². The molecule has 1 aliphatic heterocycles. The van der Waals surface area contributed by atoms with Gasteiger partial charge in [-0.1, -0.05) is 6.07 Å². The largest absolute Gasteiger partial charge is 0.492 e. The summed E-state index contributed by atoms with van der Waals surface area (Å²) < 4.78 is 23.0. The Hall–Kier alpha value is -2.87. The fourth-order valence-electron chi connectivity index (χ4n) is 5.09. The highest BCUT2D eigenvalue weighted by atomic mass is 32.2. The minimum absolute atomic E-state index is 0.131. The van der Waals surface area contributed by atoms with Crippen LogP contribution in [-0.2, 0) is 16.0 Å². The maximum atomic E-state index is 13.0. The van der Waals surface area contributed by atoms with E-state index in [4.69, 9.17) is 18.9 Å². The number of nitrogens with one attached hydrogen (secondary N) is 1. The molecule has 12 heteroatoms. The lowest BCUT2D eigenvalue weighted by Gasteiger charge is -2.39. The van der Waals surface area contributed by atoms with Crippen molar-refractivity contribution in [1.29, 1.82) is 0 Å². The normalized spacial score (nSPS) is 26.1. The van der Waals surface area contributed by atoms with Gasteiger partial charge < -0.3 is 44.7 Å². The molecule has 11 nitrogen and oxygen atoms in total. The monoisotopic (exact) mass is 563 g/mol. The average Bonchev–Trinajstić information content (AvgIpc) is 3.16. The van der Waals surface area contributed by atoms with Crippen molar-refractivity contribution in [3.05, 3.63) is 45.6 Å². The summed E-state index contributed by atoms with van der Waals surface area (Å²) in [7, 11) is 2.87. The van der Waals surface area contributed by atoms with Crippen LogP contribution < -0.4 is 25.0 Å². The summed E-state index contributed by atoms with van der Waals surface area (Å²) in [5.41, 5.74) is 2.55. The number of benzene rings is 1. The van der Waals surface area contributed by atoms with Crippen molar-refractivity contribution in [2.24, 2.45) is 0 Å². The van der Waals surface area contributed by atoms with Crippen molar-refractivity contribution in [1.82, 2.24) is 5.32 Å². The van der Waals surface area contributed by atoms with Crippen molar-refractivity contribution in [2.75, 3.05) is 27.1 Å². The molecule has 1 aliphatic carbocycles. The minimum Gasteiger partial charge on any atom is -0.492 e. The molecule has 0 bridgehead atoms. The maximum absolute atomic E-state index is 13.0. The van der Waals surface area contributed by atoms with Gasteiger partial charge in [-0.2, -0.15) is 0 Å². The van der Waals surface area contributed by atoms with Crippen LogP contribution in [0.4, 0.5) is 0 Å². The van der Waals surface area contributed by atoms with Crippen LogP contribution in [0.15, 0.2) is 34.0 Å². The van der Waals surface area contributed by atoms with Crippen LogP contribution >= 0.6 is 11.8 Å². The first-order chi connectivity index (χ1) is 18.6. The van der Waals surface area contributed by atoms with Crippen LogP contribution in [-0.4, -0.2) is 84.1 Å². The summed E-state index contributed by atoms with van der Waals surface area (Å²) in [6.45, 7) is 0.815. The van der Waals surface area contributed by atoms with Gasteiger partial charge in [-0.25, -0.2) is 0 Å². The second-order valence-corrected chi connectivity index (χ2v) is 10.2. The fraction of sp³-hybridized carbons (Fsp3) is 0.481. The van der Waals surface area contributed by atoms with Crippen LogP contribution in [0, 0.1) is 0 Å². The van der Waals surface area contributed by atoms with E-state index in [1.54, 1.807) is 18.2 Å². The Morgan fingerprint density at radius 2 is 1.82 bits per heavy atom. The third kappa shape index (κ3) is 5.58. The SMILES string of the molecule is COc1c(O[C@@H]2O[C@H](CO)[C@@H](O)[C@H](O)[C@H]2O)cc2c(c1OC)-c1ccc(SC)c(=O)cc1C(NC(C)=O)CC2. The molecule has 2 aromatic carbocycles. The van der Waals surface area contributed by atoms with Gasteiger partial charge in [0.15, 0.2) is 16.9 Å². The van der Waals surface area contributed by atoms with E-state index in [0.29, 0.717) is 40.2 Å². The van der Waals surface area contributed by atoms with E-state index in [0.717, 1.165) is 5.56 Å². The third-order valence-electron chi connectivity index (χ3n) is 6.97. The van der Waals surface area contributed by atoms with Gasteiger partial charge in [-0.15, -0.1) is 11.8 Å². The number of amides is 1. The quantitative estimate of drug-likeness (QED) is 0.302. The average molecular weight is 564 g/mol. The first kappa shape index (κ1) is 29.1. The molecule has 0 radical (unpaired) electrons. The van der Waals surface area contributed by atoms with E-state index in [9.17, 15) is 30.0 Å². The van der Waals surface area contributed by atoms with E-state index < -0.39 is 43.4 Å². The number of rotatable bonds is 7. The second kappa shape index (κ2) is 12.1. The summed E-state index contributed by atoms with van der Waals surface area (Å²) in [6, 6.07) is 6.34. The van der Waals surface area contributed by atoms with Crippen LogP contribution in [0.25, 0.3) is 11.1 Å². The number of methoxy groups -OCH3 is 2. The molecular weight excluding hydrogens is 530 g/mol. The Bertz CT molecular complexity index is 1290. The van der Waals surface area contributed by atoms with E-state index >= 15 is 0 Å². The van der Waals surface area contributed by atoms with Gasteiger partial charge in [0.2, 0.25) is 17.9 Å². The Kier molecular flexibility index (Phi) is 9.04. The third-order valence-corrected chi connectivity index (χ3v) is 7.75. The number of ether oxygens (including phenoxy) is 4. The molecule has 1 amide bonds. The number of carbonyl (C=O) groups is 1. The molecule has 1 heterocycles. The zero-order chi connectivity index (χ0) is 28.4. The van der Waals surface area contributed by atoms with Gasteiger partial charge in [-0.3, -0.25) is 9.59 Å². The van der Waals surface area contributed by atoms with Crippen LogP contribution in [0.3, 0.4) is 0 Å². The lowest BCUT2D eigenvalue weighted by Crippen LogP contribution is -2.60. The fourth-order valence-corrected chi connectivity index (χ4v) is 5.55. The first-order valence-electron chi connectivity index (χ1n) is 12.4. The molecule has 5 N–H and O–H groups in total. The molecule has 2 aliphatic rings. The molecular formula is C27H33NO10S. The van der Waals surface area contributed by atoms with Crippen LogP contribution in [0.5, 0.6) is 17.2 Å². The number of hydrogen-bond donors (Lipinski definition) is 5. The number of thioether (sulfide) groups is 1. The van der Waals surface area contributed by atoms with Gasteiger partial charge in [0.1, 0.15) is 24.4 Å². The summed E-state index contributed by atoms with van der Waals surface area (Å²) in [5, 5.41) is 43.4. The highest BCUT2D eigenvalue weighted by Crippen LogP contribution is 2.50. The zero-order valence-corrected chi connectivity index (χ0v) is 22.9. The summed E-state index contributed by atoms with van der Waals surface area (Å²) in [6.07, 6.45) is -4.64. The van der Waals surface area contributed by atoms with Crippen molar-refractivity contribution >= 4 is 17.7 Å².